The molecule has 0 aromatic heterocycles. The van der Waals surface area contributed by atoms with Crippen LogP contribution in [0.3, 0.4) is 0 Å². The fraction of sp³-hybridized carbons (Fsp3) is 0.600. The van der Waals surface area contributed by atoms with Gasteiger partial charge in [-0.15, -0.1) is 0 Å². The molecule has 2 nitrogen and oxygen atoms in total. The second-order valence-electron chi connectivity index (χ2n) is 7.09. The van der Waals surface area contributed by atoms with Crippen molar-refractivity contribution in [1.82, 2.24) is 0 Å². The first-order valence-electron chi connectivity index (χ1n) is 8.36. The molecule has 1 aromatic rings. The van der Waals surface area contributed by atoms with E-state index in [0.29, 0.717) is 5.92 Å². The van der Waals surface area contributed by atoms with E-state index in [4.69, 9.17) is 0 Å². The lowest BCUT2D eigenvalue weighted by molar-refractivity contribution is 0.228. The average Bonchev–Trinajstić information content (AvgIpc) is 2.53. The van der Waals surface area contributed by atoms with Gasteiger partial charge in [0.25, 0.3) is 0 Å². The number of benzene rings is 1. The highest BCUT2D eigenvalue weighted by Crippen LogP contribution is 2.44. The molecule has 0 heterocycles. The summed E-state index contributed by atoms with van der Waals surface area (Å²) in [6.45, 7) is 6.68. The van der Waals surface area contributed by atoms with Crippen LogP contribution < -0.4 is 0 Å². The van der Waals surface area contributed by atoms with Crippen molar-refractivity contribution < 1.29 is 0 Å². The number of nitrogens with zero attached hydrogens (tertiary/aromatic N) is 2. The third kappa shape index (κ3) is 6.00. The van der Waals surface area contributed by atoms with Crippen molar-refractivity contribution in [1.29, 1.82) is 10.5 Å². The molecule has 1 aromatic carbocycles. The van der Waals surface area contributed by atoms with Gasteiger partial charge in [0.15, 0.2) is 0 Å². The van der Waals surface area contributed by atoms with E-state index >= 15 is 0 Å². The maximum absolute atomic E-state index is 9.43. The Hall–Kier alpha value is -1.32. The Morgan fingerprint density at radius 1 is 1.09 bits per heavy atom. The molecule has 0 N–H and O–H groups in total. The number of hydrogen-bond donors (Lipinski definition) is 0. The molecule has 0 saturated heterocycles. The molecular weight excluding hydrogens is 348 g/mol. The quantitative estimate of drug-likeness (QED) is 0.493. The van der Waals surface area contributed by atoms with Gasteiger partial charge in [-0.2, -0.15) is 10.5 Å². The van der Waals surface area contributed by atoms with Gasteiger partial charge < -0.3 is 0 Å². The normalized spacial score (nSPS) is 14.0. The minimum absolute atomic E-state index is 0.0508. The standard InChI is InChI=1S/C20H27BrN2/c1-16(11-13-21)8-7-12-20(2,3)19(18(14-22)15-23)17-9-5-4-6-10-17/h4-6,9-10,16,18-19H,7-8,11-13H2,1-3H3. The van der Waals surface area contributed by atoms with Gasteiger partial charge in [-0.25, -0.2) is 0 Å². The first-order chi connectivity index (χ1) is 11.0. The first kappa shape index (κ1) is 19.7. The minimum atomic E-state index is -0.604. The molecular formula is C20H27BrN2. The fourth-order valence-electron chi connectivity index (χ4n) is 3.33. The average molecular weight is 375 g/mol. The van der Waals surface area contributed by atoms with Crippen LogP contribution in [0.4, 0.5) is 0 Å². The number of alkyl halides is 1. The van der Waals surface area contributed by atoms with E-state index in [1.54, 1.807) is 0 Å². The Morgan fingerprint density at radius 3 is 2.22 bits per heavy atom. The lowest BCUT2D eigenvalue weighted by Gasteiger charge is -2.36. The van der Waals surface area contributed by atoms with E-state index in [0.717, 1.165) is 23.7 Å². The molecule has 1 rings (SSSR count). The van der Waals surface area contributed by atoms with Gasteiger partial charge in [0, 0.05) is 11.2 Å². The number of halogens is 1. The summed E-state index contributed by atoms with van der Waals surface area (Å²) in [5.74, 6) is 0.0561. The van der Waals surface area contributed by atoms with Gasteiger partial charge in [-0.3, -0.25) is 0 Å². The SMILES string of the molecule is CC(CCBr)CCCC(C)(C)C(c1ccccc1)C(C#N)C#N. The highest BCUT2D eigenvalue weighted by molar-refractivity contribution is 9.09. The Labute approximate surface area is 149 Å². The molecule has 0 bridgehead atoms. The summed E-state index contributed by atoms with van der Waals surface area (Å²) in [6.07, 6.45) is 4.55. The molecule has 0 aliphatic rings. The molecule has 0 saturated carbocycles. The van der Waals surface area contributed by atoms with Gasteiger partial charge in [-0.05, 0) is 29.7 Å². The molecule has 124 valence electrons. The summed E-state index contributed by atoms with van der Waals surface area (Å²) in [5, 5.41) is 19.9. The number of nitriles is 2. The van der Waals surface area contributed by atoms with Crippen molar-refractivity contribution >= 4 is 15.9 Å². The van der Waals surface area contributed by atoms with E-state index < -0.39 is 5.92 Å². The van der Waals surface area contributed by atoms with Crippen LogP contribution in [0.15, 0.2) is 30.3 Å². The lowest BCUT2D eigenvalue weighted by atomic mass is 9.66. The summed E-state index contributed by atoms with van der Waals surface area (Å²) in [7, 11) is 0. The Kier molecular flexibility index (Phi) is 8.35. The Morgan fingerprint density at radius 2 is 1.70 bits per heavy atom. The molecule has 23 heavy (non-hydrogen) atoms. The minimum Gasteiger partial charge on any atom is -0.197 e. The first-order valence-corrected chi connectivity index (χ1v) is 9.48. The number of hydrogen-bond acceptors (Lipinski definition) is 2. The number of rotatable bonds is 9. The van der Waals surface area contributed by atoms with Gasteiger partial charge in [0.1, 0.15) is 5.92 Å². The van der Waals surface area contributed by atoms with Crippen molar-refractivity contribution in [2.45, 2.75) is 52.4 Å². The monoisotopic (exact) mass is 374 g/mol. The van der Waals surface area contributed by atoms with Crippen LogP contribution in [0.1, 0.15) is 57.9 Å². The van der Waals surface area contributed by atoms with Crippen LogP contribution in [0, 0.1) is 39.9 Å². The third-order valence-corrected chi connectivity index (χ3v) is 5.19. The van der Waals surface area contributed by atoms with Gasteiger partial charge in [-0.1, -0.05) is 79.9 Å². The Balaban J connectivity index is 2.88. The van der Waals surface area contributed by atoms with Crippen LogP contribution in [0.25, 0.3) is 0 Å². The topological polar surface area (TPSA) is 47.6 Å². The maximum atomic E-state index is 9.43. The van der Waals surface area contributed by atoms with Crippen molar-refractivity contribution in [2.24, 2.45) is 17.3 Å². The lowest BCUT2D eigenvalue weighted by Crippen LogP contribution is -2.28. The van der Waals surface area contributed by atoms with Crippen LogP contribution in [-0.2, 0) is 0 Å². The summed E-state index contributed by atoms with van der Waals surface area (Å²) in [6, 6.07) is 14.5. The van der Waals surface area contributed by atoms with Gasteiger partial charge in [0.05, 0.1) is 12.1 Å². The second-order valence-corrected chi connectivity index (χ2v) is 7.88. The predicted molar refractivity (Wildman–Crippen MR) is 99.1 cm³/mol. The van der Waals surface area contributed by atoms with E-state index in [9.17, 15) is 10.5 Å². The molecule has 0 aliphatic heterocycles. The molecule has 3 heteroatoms. The predicted octanol–water partition coefficient (Wildman–Crippen LogP) is 6.05. The third-order valence-electron chi connectivity index (χ3n) is 4.73. The van der Waals surface area contributed by atoms with Crippen LogP contribution >= 0.6 is 15.9 Å². The fourth-order valence-corrected chi connectivity index (χ4v) is 4.11. The molecule has 0 spiro atoms. The van der Waals surface area contributed by atoms with Crippen molar-refractivity contribution in [3.05, 3.63) is 35.9 Å². The van der Waals surface area contributed by atoms with Crippen molar-refractivity contribution in [3.63, 3.8) is 0 Å². The maximum Gasteiger partial charge on any atom is 0.140 e. The molecule has 2 unspecified atom stereocenters. The molecule has 2 atom stereocenters. The van der Waals surface area contributed by atoms with Gasteiger partial charge in [0.2, 0.25) is 0 Å². The van der Waals surface area contributed by atoms with Gasteiger partial charge >= 0.3 is 0 Å². The van der Waals surface area contributed by atoms with Crippen LogP contribution in [0.2, 0.25) is 0 Å². The zero-order chi connectivity index (χ0) is 17.3. The van der Waals surface area contributed by atoms with Crippen molar-refractivity contribution in [3.8, 4) is 12.1 Å². The zero-order valence-electron chi connectivity index (χ0n) is 14.4. The summed E-state index contributed by atoms with van der Waals surface area (Å²) >= 11 is 3.50. The smallest absolute Gasteiger partial charge is 0.140 e. The van der Waals surface area contributed by atoms with E-state index in [2.05, 4.69) is 48.8 Å². The highest BCUT2D eigenvalue weighted by atomic mass is 79.9. The molecule has 0 radical (unpaired) electrons. The highest BCUT2D eigenvalue weighted by Gasteiger charge is 2.36. The summed E-state index contributed by atoms with van der Waals surface area (Å²) in [5.41, 5.74) is 1.02. The Bertz CT molecular complexity index is 525. The van der Waals surface area contributed by atoms with Crippen LogP contribution in [0.5, 0.6) is 0 Å². The van der Waals surface area contributed by atoms with E-state index in [1.807, 2.05) is 30.3 Å². The molecule has 0 aliphatic carbocycles. The summed E-state index contributed by atoms with van der Waals surface area (Å²) < 4.78 is 0. The van der Waals surface area contributed by atoms with Crippen molar-refractivity contribution in [2.75, 3.05) is 5.33 Å². The summed E-state index contributed by atoms with van der Waals surface area (Å²) in [4.78, 5) is 0. The van der Waals surface area contributed by atoms with Crippen LogP contribution in [-0.4, -0.2) is 5.33 Å². The van der Waals surface area contributed by atoms with E-state index in [1.165, 1.54) is 12.8 Å². The second kappa shape index (κ2) is 9.74. The largest absolute Gasteiger partial charge is 0.197 e. The molecule has 0 amide bonds. The van der Waals surface area contributed by atoms with E-state index in [-0.39, 0.29) is 11.3 Å². The zero-order valence-corrected chi connectivity index (χ0v) is 16.0. The molecule has 0 fully saturated rings.